The van der Waals surface area contributed by atoms with Gasteiger partial charge in [-0.25, -0.2) is 9.97 Å². The molecule has 0 aliphatic rings. The smallest absolute Gasteiger partial charge is 0.326 e. The molecule has 29 heavy (non-hydrogen) atoms. The zero-order valence-corrected chi connectivity index (χ0v) is 16.0. The van der Waals surface area contributed by atoms with Gasteiger partial charge in [-0.05, 0) is 31.5 Å². The number of alkyl halides is 3. The van der Waals surface area contributed by atoms with Crippen LogP contribution in [0.25, 0.3) is 28.3 Å². The molecule has 2 aromatic heterocycles. The maximum Gasteiger partial charge on any atom is 0.416 e. The number of aromatic nitrogens is 3. The van der Waals surface area contributed by atoms with Gasteiger partial charge >= 0.3 is 6.18 Å². The molecule has 0 aliphatic heterocycles. The van der Waals surface area contributed by atoms with Gasteiger partial charge in [-0.15, -0.1) is 0 Å². The molecule has 0 atom stereocenters. The zero-order chi connectivity index (χ0) is 20.8. The first kappa shape index (κ1) is 19.1. The Bertz CT molecular complexity index is 1190. The molecule has 4 nitrogen and oxygen atoms in total. The summed E-state index contributed by atoms with van der Waals surface area (Å²) in [5.74, 6) is 0.479. The third-order valence-corrected chi connectivity index (χ3v) is 5.00. The molecule has 2 aromatic carbocycles. The van der Waals surface area contributed by atoms with Crippen LogP contribution in [-0.2, 0) is 12.7 Å². The number of halogens is 3. The molecule has 2 N–H and O–H groups in total. The highest BCUT2D eigenvalue weighted by Crippen LogP contribution is 2.35. The van der Waals surface area contributed by atoms with Crippen molar-refractivity contribution in [3.05, 3.63) is 77.1 Å². The van der Waals surface area contributed by atoms with Gasteiger partial charge in [0.15, 0.2) is 0 Å². The van der Waals surface area contributed by atoms with Crippen molar-refractivity contribution in [1.82, 2.24) is 14.4 Å². The Kier molecular flexibility index (Phi) is 4.62. The minimum Gasteiger partial charge on any atom is -0.326 e. The number of nitrogens with two attached hydrogens (primary N) is 1. The molecule has 0 unspecified atom stereocenters. The van der Waals surface area contributed by atoms with Crippen LogP contribution < -0.4 is 5.73 Å². The van der Waals surface area contributed by atoms with Crippen LogP contribution >= 0.6 is 0 Å². The maximum atomic E-state index is 13.1. The predicted molar refractivity (Wildman–Crippen MR) is 106 cm³/mol. The number of imidazole rings is 1. The van der Waals surface area contributed by atoms with Crippen LogP contribution in [0.2, 0.25) is 0 Å². The van der Waals surface area contributed by atoms with E-state index >= 15 is 0 Å². The van der Waals surface area contributed by atoms with E-state index in [2.05, 4.69) is 9.97 Å². The van der Waals surface area contributed by atoms with Gasteiger partial charge in [-0.3, -0.25) is 4.40 Å². The molecule has 0 saturated carbocycles. The monoisotopic (exact) mass is 396 g/mol. The first-order valence-electron chi connectivity index (χ1n) is 9.12. The van der Waals surface area contributed by atoms with Crippen LogP contribution in [0.5, 0.6) is 0 Å². The quantitative estimate of drug-likeness (QED) is 0.521. The second-order valence-corrected chi connectivity index (χ2v) is 6.92. The highest BCUT2D eigenvalue weighted by Gasteiger charge is 2.31. The number of hydrogen-bond acceptors (Lipinski definition) is 3. The third kappa shape index (κ3) is 3.38. The maximum absolute atomic E-state index is 13.1. The summed E-state index contributed by atoms with van der Waals surface area (Å²) in [5.41, 5.74) is 10.4. The van der Waals surface area contributed by atoms with Crippen molar-refractivity contribution in [1.29, 1.82) is 0 Å². The van der Waals surface area contributed by atoms with Crippen molar-refractivity contribution in [3.8, 4) is 22.5 Å². The number of hydrogen-bond donors (Lipinski definition) is 1. The summed E-state index contributed by atoms with van der Waals surface area (Å²) in [7, 11) is 0. The van der Waals surface area contributed by atoms with Gasteiger partial charge < -0.3 is 5.73 Å². The van der Waals surface area contributed by atoms with E-state index in [4.69, 9.17) is 5.73 Å². The highest BCUT2D eigenvalue weighted by molar-refractivity contribution is 5.72. The highest BCUT2D eigenvalue weighted by atomic mass is 19.4. The van der Waals surface area contributed by atoms with E-state index in [1.807, 2.05) is 47.9 Å². The summed E-state index contributed by atoms with van der Waals surface area (Å²) in [4.78, 5) is 9.18. The van der Waals surface area contributed by atoms with E-state index in [1.165, 1.54) is 6.07 Å². The SMILES string of the molecule is Cc1cc(C(F)(F)F)ccc1-c1c(CN)c(C)nc2nc(-c3ccccc3)cn12. The van der Waals surface area contributed by atoms with Crippen LogP contribution in [0.15, 0.2) is 54.7 Å². The fourth-order valence-electron chi connectivity index (χ4n) is 3.54. The number of aryl methyl sites for hydroxylation is 2. The Morgan fingerprint density at radius 2 is 1.72 bits per heavy atom. The summed E-state index contributed by atoms with van der Waals surface area (Å²) >= 11 is 0. The van der Waals surface area contributed by atoms with Gasteiger partial charge in [0.25, 0.3) is 0 Å². The number of rotatable bonds is 3. The molecule has 0 spiro atoms. The summed E-state index contributed by atoms with van der Waals surface area (Å²) in [6.07, 6.45) is -2.54. The molecular formula is C22H19F3N4. The van der Waals surface area contributed by atoms with Crippen molar-refractivity contribution < 1.29 is 13.2 Å². The number of benzene rings is 2. The minimum absolute atomic E-state index is 0.212. The normalized spacial score (nSPS) is 11.9. The van der Waals surface area contributed by atoms with E-state index < -0.39 is 11.7 Å². The van der Waals surface area contributed by atoms with Crippen molar-refractivity contribution in [2.45, 2.75) is 26.6 Å². The number of fused-ring (bicyclic) bond motifs is 1. The fraction of sp³-hybridized carbons (Fsp3) is 0.182. The van der Waals surface area contributed by atoms with Gasteiger partial charge in [-0.2, -0.15) is 13.2 Å². The van der Waals surface area contributed by atoms with Gasteiger partial charge in [0.2, 0.25) is 5.78 Å². The lowest BCUT2D eigenvalue weighted by Gasteiger charge is -2.16. The molecule has 7 heteroatoms. The zero-order valence-electron chi connectivity index (χ0n) is 16.0. The van der Waals surface area contributed by atoms with Crippen LogP contribution in [0.4, 0.5) is 13.2 Å². The van der Waals surface area contributed by atoms with Crippen LogP contribution in [0.1, 0.15) is 22.4 Å². The summed E-state index contributed by atoms with van der Waals surface area (Å²) < 4.78 is 41.1. The van der Waals surface area contributed by atoms with Crippen LogP contribution in [0.3, 0.4) is 0 Å². The van der Waals surface area contributed by atoms with Gasteiger partial charge in [0, 0.05) is 35.1 Å². The lowest BCUT2D eigenvalue weighted by molar-refractivity contribution is -0.137. The second kappa shape index (κ2) is 7.00. The van der Waals surface area contributed by atoms with Crippen molar-refractivity contribution in [2.24, 2.45) is 5.73 Å². The minimum atomic E-state index is -4.39. The Morgan fingerprint density at radius 1 is 1.00 bits per heavy atom. The Morgan fingerprint density at radius 3 is 2.34 bits per heavy atom. The molecule has 0 fully saturated rings. The molecule has 4 rings (SSSR count). The summed E-state index contributed by atoms with van der Waals surface area (Å²) in [6, 6.07) is 13.4. The van der Waals surface area contributed by atoms with Gasteiger partial charge in [0.1, 0.15) is 0 Å². The van der Waals surface area contributed by atoms with E-state index in [0.717, 1.165) is 34.6 Å². The molecule has 0 amide bonds. The topological polar surface area (TPSA) is 56.2 Å². The van der Waals surface area contributed by atoms with Crippen molar-refractivity contribution in [2.75, 3.05) is 0 Å². The van der Waals surface area contributed by atoms with E-state index in [1.54, 1.807) is 6.92 Å². The molecular weight excluding hydrogens is 377 g/mol. The molecule has 2 heterocycles. The lowest BCUT2D eigenvalue weighted by Crippen LogP contribution is -2.10. The third-order valence-electron chi connectivity index (χ3n) is 5.00. The molecule has 0 bridgehead atoms. The summed E-state index contributed by atoms with van der Waals surface area (Å²) in [6.45, 7) is 3.72. The average Bonchev–Trinajstić information content (AvgIpc) is 3.10. The van der Waals surface area contributed by atoms with Crippen LogP contribution in [0, 0.1) is 13.8 Å². The Hall–Kier alpha value is -3.19. The molecule has 148 valence electrons. The molecule has 4 aromatic rings. The molecule has 0 saturated heterocycles. The Balaban J connectivity index is 1.99. The molecule has 0 radical (unpaired) electrons. The largest absolute Gasteiger partial charge is 0.416 e. The summed E-state index contributed by atoms with van der Waals surface area (Å²) in [5, 5.41) is 0. The van der Waals surface area contributed by atoms with Gasteiger partial charge in [-0.1, -0.05) is 36.4 Å². The first-order chi connectivity index (χ1) is 13.8. The van der Waals surface area contributed by atoms with E-state index in [0.29, 0.717) is 22.6 Å². The van der Waals surface area contributed by atoms with Crippen molar-refractivity contribution >= 4 is 5.78 Å². The number of nitrogens with zero attached hydrogens (tertiary/aromatic N) is 3. The van der Waals surface area contributed by atoms with Crippen LogP contribution in [-0.4, -0.2) is 14.4 Å². The predicted octanol–water partition coefficient (Wildman–Crippen LogP) is 5.16. The molecule has 0 aliphatic carbocycles. The van der Waals surface area contributed by atoms with Gasteiger partial charge in [0.05, 0.1) is 17.0 Å². The average molecular weight is 396 g/mol. The Labute approximate surface area is 165 Å². The second-order valence-electron chi connectivity index (χ2n) is 6.92. The standard InChI is InChI=1S/C22H19F3N4/c1-13-10-16(22(23,24)25)8-9-17(13)20-18(11-26)14(2)27-21-28-19(12-29(20)21)15-6-4-3-5-7-15/h3-10,12H,11,26H2,1-2H3. The first-order valence-corrected chi connectivity index (χ1v) is 9.12. The van der Waals surface area contributed by atoms with Crippen molar-refractivity contribution in [3.63, 3.8) is 0 Å². The van der Waals surface area contributed by atoms with E-state index in [9.17, 15) is 13.2 Å². The fourth-order valence-corrected chi connectivity index (χ4v) is 3.54. The van der Waals surface area contributed by atoms with E-state index in [-0.39, 0.29) is 6.54 Å². The lowest BCUT2D eigenvalue weighted by atomic mass is 9.98.